The molecule has 1 unspecified atom stereocenters. The van der Waals surface area contributed by atoms with E-state index in [0.29, 0.717) is 26.3 Å². The molecule has 2 saturated heterocycles. The van der Waals surface area contributed by atoms with Crippen molar-refractivity contribution in [1.29, 1.82) is 0 Å². The molecule has 0 aliphatic carbocycles. The van der Waals surface area contributed by atoms with Gasteiger partial charge in [0, 0.05) is 57.9 Å². The molecule has 1 atom stereocenters. The highest BCUT2D eigenvalue weighted by atomic mass is 16.5. The number of hydrogen-bond donors (Lipinski definition) is 1. The van der Waals surface area contributed by atoms with Crippen LogP contribution in [0.15, 0.2) is 65.2 Å². The molecule has 3 aromatic rings. The summed E-state index contributed by atoms with van der Waals surface area (Å²) in [5.41, 5.74) is 3.89. The quantitative estimate of drug-likeness (QED) is 0.463. The van der Waals surface area contributed by atoms with E-state index in [9.17, 15) is 5.11 Å². The maximum absolute atomic E-state index is 11.1. The van der Waals surface area contributed by atoms with Gasteiger partial charge in [-0.25, -0.2) is 0 Å². The molecule has 8 nitrogen and oxygen atoms in total. The number of nitrogens with zero attached hydrogens (tertiary/aromatic N) is 4. The van der Waals surface area contributed by atoms with E-state index in [2.05, 4.69) is 32.0 Å². The summed E-state index contributed by atoms with van der Waals surface area (Å²) in [5.74, 6) is 0.808. The van der Waals surface area contributed by atoms with Gasteiger partial charge in [0.15, 0.2) is 0 Å². The van der Waals surface area contributed by atoms with E-state index >= 15 is 0 Å². The Hall–Kier alpha value is -2.75. The second kappa shape index (κ2) is 12.5. The first-order valence-electron chi connectivity index (χ1n) is 12.9. The number of aliphatic hydroxyl groups excluding tert-OH is 1. The Balaban J connectivity index is 1.41. The maximum Gasteiger partial charge on any atom is 0.232 e. The van der Waals surface area contributed by atoms with Crippen LogP contribution in [-0.2, 0) is 16.0 Å². The van der Waals surface area contributed by atoms with E-state index < -0.39 is 6.10 Å². The van der Waals surface area contributed by atoms with Crippen LogP contribution in [0.4, 0.5) is 5.88 Å². The van der Waals surface area contributed by atoms with Gasteiger partial charge in [0.05, 0.1) is 38.1 Å². The number of rotatable bonds is 10. The van der Waals surface area contributed by atoms with Crippen molar-refractivity contribution in [3.05, 3.63) is 71.8 Å². The third kappa shape index (κ3) is 6.32. The van der Waals surface area contributed by atoms with Crippen molar-refractivity contribution in [3.8, 4) is 11.3 Å². The van der Waals surface area contributed by atoms with Crippen molar-refractivity contribution in [2.75, 3.05) is 77.1 Å². The summed E-state index contributed by atoms with van der Waals surface area (Å²) in [6.07, 6.45) is -0.581. The van der Waals surface area contributed by atoms with Crippen LogP contribution in [0.3, 0.4) is 0 Å². The van der Waals surface area contributed by atoms with E-state index in [1.165, 1.54) is 0 Å². The molecule has 0 saturated carbocycles. The molecular formula is C28H36N4O4. The summed E-state index contributed by atoms with van der Waals surface area (Å²) in [6.45, 7) is 9.24. The van der Waals surface area contributed by atoms with Crippen LogP contribution in [0.25, 0.3) is 11.3 Å². The summed E-state index contributed by atoms with van der Waals surface area (Å²) in [4.78, 5) is 6.99. The molecule has 1 N–H and O–H groups in total. The zero-order valence-corrected chi connectivity index (χ0v) is 20.8. The minimum Gasteiger partial charge on any atom is -0.387 e. The van der Waals surface area contributed by atoms with Crippen molar-refractivity contribution < 1.29 is 19.1 Å². The molecule has 2 fully saturated rings. The number of morpholine rings is 2. The lowest BCUT2D eigenvalue weighted by Gasteiger charge is -2.32. The van der Waals surface area contributed by atoms with Gasteiger partial charge < -0.3 is 24.0 Å². The number of hydrogen-bond acceptors (Lipinski definition) is 8. The van der Waals surface area contributed by atoms with E-state index in [1.807, 2.05) is 48.5 Å². The predicted octanol–water partition coefficient (Wildman–Crippen LogP) is 3.05. The summed E-state index contributed by atoms with van der Waals surface area (Å²) >= 11 is 0. The first-order valence-corrected chi connectivity index (χ1v) is 12.9. The zero-order chi connectivity index (χ0) is 24.6. The fourth-order valence-corrected chi connectivity index (χ4v) is 4.87. The third-order valence-electron chi connectivity index (χ3n) is 6.95. The smallest absolute Gasteiger partial charge is 0.232 e. The second-order valence-corrected chi connectivity index (χ2v) is 9.40. The molecule has 2 aliphatic heterocycles. The van der Waals surface area contributed by atoms with Crippen LogP contribution < -0.4 is 4.90 Å². The molecule has 192 valence electrons. The largest absolute Gasteiger partial charge is 0.387 e. The molecule has 36 heavy (non-hydrogen) atoms. The highest BCUT2D eigenvalue weighted by molar-refractivity contribution is 5.68. The Morgan fingerprint density at radius 3 is 2.19 bits per heavy atom. The van der Waals surface area contributed by atoms with E-state index in [1.54, 1.807) is 0 Å². The SMILES string of the molecule is OC(CN(CCN1CCOCC1)Cc1c(-c2ccccc2)noc1N1CCOCC1)c1ccccc1. The van der Waals surface area contributed by atoms with Crippen LogP contribution in [0, 0.1) is 0 Å². The Morgan fingerprint density at radius 1 is 0.861 bits per heavy atom. The minimum absolute atomic E-state index is 0.524. The van der Waals surface area contributed by atoms with Gasteiger partial charge in [-0.15, -0.1) is 0 Å². The summed E-state index contributed by atoms with van der Waals surface area (Å²) in [7, 11) is 0. The Labute approximate surface area is 213 Å². The third-order valence-corrected chi connectivity index (χ3v) is 6.95. The van der Waals surface area contributed by atoms with Crippen molar-refractivity contribution in [1.82, 2.24) is 15.0 Å². The van der Waals surface area contributed by atoms with Crippen molar-refractivity contribution in [2.24, 2.45) is 0 Å². The Morgan fingerprint density at radius 2 is 1.50 bits per heavy atom. The zero-order valence-electron chi connectivity index (χ0n) is 20.8. The van der Waals surface area contributed by atoms with Crippen LogP contribution in [-0.4, -0.2) is 92.3 Å². The fraction of sp³-hybridized carbons (Fsp3) is 0.464. The summed E-state index contributed by atoms with van der Waals surface area (Å²) in [5, 5.41) is 15.6. The molecular weight excluding hydrogens is 456 g/mol. The van der Waals surface area contributed by atoms with Crippen molar-refractivity contribution in [3.63, 3.8) is 0 Å². The van der Waals surface area contributed by atoms with E-state index in [0.717, 1.165) is 80.8 Å². The molecule has 2 aromatic carbocycles. The van der Waals surface area contributed by atoms with E-state index in [4.69, 9.17) is 14.0 Å². The van der Waals surface area contributed by atoms with Crippen LogP contribution in [0.1, 0.15) is 17.2 Å². The molecule has 3 heterocycles. The molecule has 0 radical (unpaired) electrons. The first kappa shape index (κ1) is 24.9. The van der Waals surface area contributed by atoms with Gasteiger partial charge >= 0.3 is 0 Å². The highest BCUT2D eigenvalue weighted by Crippen LogP contribution is 2.33. The average Bonchev–Trinajstić information content (AvgIpc) is 3.37. The molecule has 0 amide bonds. The first-order chi connectivity index (χ1) is 17.8. The van der Waals surface area contributed by atoms with Gasteiger partial charge in [0.1, 0.15) is 5.69 Å². The van der Waals surface area contributed by atoms with Crippen molar-refractivity contribution in [2.45, 2.75) is 12.6 Å². The second-order valence-electron chi connectivity index (χ2n) is 9.40. The number of benzene rings is 2. The fourth-order valence-electron chi connectivity index (χ4n) is 4.87. The molecule has 0 spiro atoms. The lowest BCUT2D eigenvalue weighted by atomic mass is 10.1. The highest BCUT2D eigenvalue weighted by Gasteiger charge is 2.27. The normalized spacial score (nSPS) is 18.0. The summed E-state index contributed by atoms with van der Waals surface area (Å²) in [6, 6.07) is 20.1. The number of aromatic nitrogens is 1. The predicted molar refractivity (Wildman–Crippen MR) is 139 cm³/mol. The van der Waals surface area contributed by atoms with E-state index in [-0.39, 0.29) is 0 Å². The van der Waals surface area contributed by atoms with Gasteiger partial charge in [-0.3, -0.25) is 9.80 Å². The van der Waals surface area contributed by atoms with Crippen molar-refractivity contribution >= 4 is 5.88 Å². The minimum atomic E-state index is -0.581. The number of aliphatic hydroxyl groups is 1. The molecule has 8 heteroatoms. The molecule has 5 rings (SSSR count). The standard InChI is InChI=1S/C28H36N4O4/c33-26(23-7-3-1-4-8-23)22-31(12-11-30-13-17-34-18-14-30)21-25-27(24-9-5-2-6-10-24)29-36-28(25)32-15-19-35-20-16-32/h1-10,26,33H,11-22H2. The average molecular weight is 493 g/mol. The Bertz CT molecular complexity index is 1050. The van der Waals surface area contributed by atoms with Gasteiger partial charge in [-0.1, -0.05) is 65.8 Å². The van der Waals surface area contributed by atoms with Gasteiger partial charge in [0.2, 0.25) is 5.88 Å². The van der Waals surface area contributed by atoms with Gasteiger partial charge in [0.25, 0.3) is 0 Å². The van der Waals surface area contributed by atoms with Crippen LogP contribution in [0.2, 0.25) is 0 Å². The lowest BCUT2D eigenvalue weighted by Crippen LogP contribution is -2.42. The molecule has 1 aromatic heterocycles. The maximum atomic E-state index is 11.1. The lowest BCUT2D eigenvalue weighted by molar-refractivity contribution is 0.0291. The topological polar surface area (TPSA) is 74.4 Å². The summed E-state index contributed by atoms with van der Waals surface area (Å²) < 4.78 is 17.1. The number of anilines is 1. The van der Waals surface area contributed by atoms with Crippen LogP contribution in [0.5, 0.6) is 0 Å². The van der Waals surface area contributed by atoms with Crippen LogP contribution >= 0.6 is 0 Å². The Kier molecular flexibility index (Phi) is 8.63. The van der Waals surface area contributed by atoms with Gasteiger partial charge in [-0.2, -0.15) is 0 Å². The monoisotopic (exact) mass is 492 g/mol. The number of ether oxygens (including phenoxy) is 2. The van der Waals surface area contributed by atoms with Gasteiger partial charge in [-0.05, 0) is 5.56 Å². The molecule has 0 bridgehead atoms. The molecule has 2 aliphatic rings.